The zero-order valence-corrected chi connectivity index (χ0v) is 15.9. The van der Waals surface area contributed by atoms with Crippen molar-refractivity contribution < 1.29 is 22.9 Å². The summed E-state index contributed by atoms with van der Waals surface area (Å²) in [6.45, 7) is 0.0695. The fourth-order valence-electron chi connectivity index (χ4n) is 2.90. The van der Waals surface area contributed by atoms with Gasteiger partial charge in [-0.1, -0.05) is 6.07 Å². The molecule has 1 aromatic carbocycles. The first-order valence-electron chi connectivity index (χ1n) is 8.23. The van der Waals surface area contributed by atoms with Gasteiger partial charge < -0.3 is 9.64 Å². The van der Waals surface area contributed by atoms with E-state index in [0.717, 1.165) is 4.88 Å². The number of ether oxygens (including phenoxy) is 1. The number of carbonyl (C=O) groups excluding carboxylic acids is 1. The molecule has 0 spiro atoms. The van der Waals surface area contributed by atoms with Crippen LogP contribution in [0.15, 0.2) is 41.8 Å². The second-order valence-electron chi connectivity index (χ2n) is 6.20. The van der Waals surface area contributed by atoms with Crippen LogP contribution in [0.2, 0.25) is 0 Å². The van der Waals surface area contributed by atoms with Gasteiger partial charge in [0.25, 0.3) is 11.6 Å². The van der Waals surface area contributed by atoms with Crippen molar-refractivity contribution in [1.29, 1.82) is 0 Å². The molecular formula is C17H18N2O6S2. The van der Waals surface area contributed by atoms with Crippen LogP contribution in [0.3, 0.4) is 0 Å². The van der Waals surface area contributed by atoms with Crippen molar-refractivity contribution in [3.05, 3.63) is 56.8 Å². The average Bonchev–Trinajstić information content (AvgIpc) is 3.27. The molecule has 1 amide bonds. The number of sulfone groups is 1. The maximum absolute atomic E-state index is 12.7. The van der Waals surface area contributed by atoms with E-state index in [1.807, 2.05) is 17.5 Å². The summed E-state index contributed by atoms with van der Waals surface area (Å²) in [7, 11) is -3.13. The van der Waals surface area contributed by atoms with Gasteiger partial charge in [-0.3, -0.25) is 14.9 Å². The van der Waals surface area contributed by atoms with Gasteiger partial charge in [0.05, 0.1) is 23.0 Å². The smallest absolute Gasteiger partial charge is 0.269 e. The van der Waals surface area contributed by atoms with E-state index in [0.29, 0.717) is 18.7 Å². The van der Waals surface area contributed by atoms with E-state index in [9.17, 15) is 23.3 Å². The molecular weight excluding hydrogens is 392 g/mol. The summed E-state index contributed by atoms with van der Waals surface area (Å²) in [6, 6.07) is 8.85. The molecule has 10 heteroatoms. The predicted molar refractivity (Wildman–Crippen MR) is 101 cm³/mol. The Bertz CT molecular complexity index is 909. The van der Waals surface area contributed by atoms with Crippen LogP contribution >= 0.6 is 11.3 Å². The molecule has 0 bridgehead atoms. The number of carbonyl (C=O) groups is 1. The molecule has 1 saturated heterocycles. The first kappa shape index (κ1) is 19.3. The quantitative estimate of drug-likeness (QED) is 0.512. The predicted octanol–water partition coefficient (Wildman–Crippen LogP) is 2.25. The van der Waals surface area contributed by atoms with Crippen LogP contribution in [0.1, 0.15) is 11.3 Å². The summed E-state index contributed by atoms with van der Waals surface area (Å²) in [5, 5.41) is 12.6. The first-order chi connectivity index (χ1) is 12.8. The van der Waals surface area contributed by atoms with E-state index in [1.54, 1.807) is 4.90 Å². The van der Waals surface area contributed by atoms with Crippen molar-refractivity contribution in [2.75, 3.05) is 18.1 Å². The van der Waals surface area contributed by atoms with E-state index in [4.69, 9.17) is 4.74 Å². The average molecular weight is 410 g/mol. The molecule has 8 nitrogen and oxygen atoms in total. The lowest BCUT2D eigenvalue weighted by atomic mass is 10.2. The first-order valence-corrected chi connectivity index (χ1v) is 10.9. The molecule has 0 saturated carbocycles. The Morgan fingerprint density at radius 2 is 2.04 bits per heavy atom. The van der Waals surface area contributed by atoms with Gasteiger partial charge in [-0.2, -0.15) is 0 Å². The summed E-state index contributed by atoms with van der Waals surface area (Å²) in [5.74, 6) is 0.0597. The van der Waals surface area contributed by atoms with Gasteiger partial charge in [-0.15, -0.1) is 11.3 Å². The van der Waals surface area contributed by atoms with Crippen LogP contribution in [0.5, 0.6) is 5.75 Å². The van der Waals surface area contributed by atoms with Gasteiger partial charge in [0.1, 0.15) is 5.75 Å². The van der Waals surface area contributed by atoms with Gasteiger partial charge >= 0.3 is 0 Å². The van der Waals surface area contributed by atoms with Crippen LogP contribution in [-0.4, -0.2) is 48.3 Å². The molecule has 2 heterocycles. The van der Waals surface area contributed by atoms with Crippen molar-refractivity contribution >= 4 is 32.8 Å². The normalized spacial score (nSPS) is 18.1. The fraction of sp³-hybridized carbons (Fsp3) is 0.353. The van der Waals surface area contributed by atoms with E-state index in [1.165, 1.54) is 35.6 Å². The molecule has 0 N–H and O–H groups in total. The fourth-order valence-corrected chi connectivity index (χ4v) is 5.34. The molecule has 1 atom stereocenters. The molecule has 1 aliphatic heterocycles. The van der Waals surface area contributed by atoms with Crippen LogP contribution < -0.4 is 4.74 Å². The van der Waals surface area contributed by atoms with E-state index in [2.05, 4.69) is 0 Å². The molecule has 2 aromatic rings. The van der Waals surface area contributed by atoms with Crippen molar-refractivity contribution in [1.82, 2.24) is 4.90 Å². The molecule has 0 aliphatic carbocycles. The largest absolute Gasteiger partial charge is 0.484 e. The minimum Gasteiger partial charge on any atom is -0.484 e. The molecule has 3 rings (SSSR count). The Morgan fingerprint density at radius 3 is 2.59 bits per heavy atom. The van der Waals surface area contributed by atoms with Gasteiger partial charge in [0.2, 0.25) is 0 Å². The number of non-ortho nitro benzene ring substituents is 1. The lowest BCUT2D eigenvalue weighted by Gasteiger charge is -2.27. The van der Waals surface area contributed by atoms with E-state index < -0.39 is 14.8 Å². The summed E-state index contributed by atoms with van der Waals surface area (Å²) >= 11 is 1.50. The maximum atomic E-state index is 12.7. The van der Waals surface area contributed by atoms with E-state index >= 15 is 0 Å². The monoisotopic (exact) mass is 410 g/mol. The summed E-state index contributed by atoms with van der Waals surface area (Å²) in [4.78, 5) is 25.4. The number of nitro benzene ring substituents is 1. The molecule has 144 valence electrons. The van der Waals surface area contributed by atoms with Crippen LogP contribution in [0.4, 0.5) is 5.69 Å². The number of rotatable bonds is 7. The van der Waals surface area contributed by atoms with E-state index in [-0.39, 0.29) is 35.7 Å². The van der Waals surface area contributed by atoms with Crippen molar-refractivity contribution in [3.8, 4) is 5.75 Å². The number of benzene rings is 1. The number of amides is 1. The standard InChI is InChI=1S/C17H18N2O6S2/c20-17(11-25-15-5-3-13(4-6-15)19(21)22)18(10-16-2-1-8-26-16)14-7-9-27(23,24)12-14/h1-6,8,14H,7,9-12H2/t14-/m0/s1. The lowest BCUT2D eigenvalue weighted by Crippen LogP contribution is -2.42. The topological polar surface area (TPSA) is 107 Å². The summed E-state index contributed by atoms with van der Waals surface area (Å²) in [6.07, 6.45) is 0.414. The van der Waals surface area contributed by atoms with Crippen molar-refractivity contribution in [2.45, 2.75) is 19.0 Å². The zero-order chi connectivity index (χ0) is 19.4. The highest BCUT2D eigenvalue weighted by Crippen LogP contribution is 2.23. The minimum absolute atomic E-state index is 0.0400. The third-order valence-corrected chi connectivity index (χ3v) is 6.90. The molecule has 0 radical (unpaired) electrons. The Balaban J connectivity index is 1.67. The Morgan fingerprint density at radius 1 is 1.30 bits per heavy atom. The minimum atomic E-state index is -3.13. The third kappa shape index (κ3) is 5.04. The van der Waals surface area contributed by atoms with Gasteiger partial charge in [-0.05, 0) is 30.0 Å². The van der Waals surface area contributed by atoms with Gasteiger partial charge in [-0.25, -0.2) is 8.42 Å². The number of hydrogen-bond acceptors (Lipinski definition) is 7. The summed E-state index contributed by atoms with van der Waals surface area (Å²) < 4.78 is 29.1. The highest BCUT2D eigenvalue weighted by molar-refractivity contribution is 7.91. The number of nitro groups is 1. The third-order valence-electron chi connectivity index (χ3n) is 4.29. The molecule has 0 unspecified atom stereocenters. The lowest BCUT2D eigenvalue weighted by molar-refractivity contribution is -0.384. The van der Waals surface area contributed by atoms with Gasteiger partial charge in [0.15, 0.2) is 16.4 Å². The Hall–Kier alpha value is -2.46. The highest BCUT2D eigenvalue weighted by atomic mass is 32.2. The molecule has 1 fully saturated rings. The van der Waals surface area contributed by atoms with Crippen LogP contribution in [0, 0.1) is 10.1 Å². The van der Waals surface area contributed by atoms with Crippen molar-refractivity contribution in [2.24, 2.45) is 0 Å². The summed E-state index contributed by atoms with van der Waals surface area (Å²) in [5.41, 5.74) is -0.0656. The van der Waals surface area contributed by atoms with Crippen LogP contribution in [-0.2, 0) is 21.2 Å². The SMILES string of the molecule is O=C(COc1ccc([N+](=O)[O-])cc1)N(Cc1cccs1)[C@H]1CCS(=O)(=O)C1. The Labute approximate surface area is 160 Å². The van der Waals surface area contributed by atoms with Crippen LogP contribution in [0.25, 0.3) is 0 Å². The molecule has 1 aliphatic rings. The second-order valence-corrected chi connectivity index (χ2v) is 9.46. The number of thiophene rings is 1. The van der Waals surface area contributed by atoms with Gasteiger partial charge in [0, 0.05) is 23.1 Å². The number of nitrogens with zero attached hydrogens (tertiary/aromatic N) is 2. The second kappa shape index (κ2) is 8.05. The zero-order valence-electron chi connectivity index (χ0n) is 14.3. The Kier molecular flexibility index (Phi) is 5.76. The maximum Gasteiger partial charge on any atom is 0.269 e. The van der Waals surface area contributed by atoms with Crippen molar-refractivity contribution in [3.63, 3.8) is 0 Å². The number of hydrogen-bond donors (Lipinski definition) is 0. The molecule has 1 aromatic heterocycles. The highest BCUT2D eigenvalue weighted by Gasteiger charge is 2.35. The molecule has 27 heavy (non-hydrogen) atoms.